The van der Waals surface area contributed by atoms with Gasteiger partial charge in [-0.25, -0.2) is 4.98 Å². The third-order valence-electron chi connectivity index (χ3n) is 3.99. The van der Waals surface area contributed by atoms with E-state index in [1.54, 1.807) is 19.4 Å². The maximum atomic E-state index is 12.5. The van der Waals surface area contributed by atoms with E-state index in [4.69, 9.17) is 4.74 Å². The van der Waals surface area contributed by atoms with Gasteiger partial charge in [0.1, 0.15) is 17.1 Å². The number of hydrogen-bond donors (Lipinski definition) is 1. The van der Waals surface area contributed by atoms with Gasteiger partial charge in [-0.2, -0.15) is 0 Å². The van der Waals surface area contributed by atoms with Crippen LogP contribution in [0.4, 0.5) is 5.69 Å². The Bertz CT molecular complexity index is 1190. The fourth-order valence-corrected chi connectivity index (χ4v) is 3.67. The third kappa shape index (κ3) is 3.06. The van der Waals surface area contributed by atoms with Gasteiger partial charge in [0.2, 0.25) is 5.78 Å². The van der Waals surface area contributed by atoms with Gasteiger partial charge >= 0.3 is 0 Å². The van der Waals surface area contributed by atoms with Crippen molar-refractivity contribution in [2.45, 2.75) is 0 Å². The number of hydrogen-bond acceptors (Lipinski definition) is 6. The highest BCUT2D eigenvalue weighted by molar-refractivity contribution is 7.23. The lowest BCUT2D eigenvalue weighted by Gasteiger charge is -2.03. The summed E-state index contributed by atoms with van der Waals surface area (Å²) in [5, 5.41) is 2.73. The molecule has 3 heterocycles. The highest BCUT2D eigenvalue weighted by Gasteiger charge is 2.15. The largest absolute Gasteiger partial charge is 0.497 e. The van der Waals surface area contributed by atoms with Gasteiger partial charge in [-0.15, -0.1) is 0 Å². The van der Waals surface area contributed by atoms with Crippen LogP contribution in [0.2, 0.25) is 0 Å². The Morgan fingerprint density at radius 1 is 1.26 bits per heavy atom. The minimum absolute atomic E-state index is 0.271. The smallest absolute Gasteiger partial charge is 0.275 e. The van der Waals surface area contributed by atoms with E-state index in [0.717, 1.165) is 16.0 Å². The van der Waals surface area contributed by atoms with Gasteiger partial charge in [0.25, 0.3) is 5.91 Å². The van der Waals surface area contributed by atoms with Crippen molar-refractivity contribution in [2.24, 2.45) is 0 Å². The zero-order valence-corrected chi connectivity index (χ0v) is 15.1. The Labute approximate surface area is 157 Å². The van der Waals surface area contributed by atoms with Gasteiger partial charge < -0.3 is 10.1 Å². The molecule has 0 fully saturated rings. The van der Waals surface area contributed by atoms with Crippen LogP contribution in [0.5, 0.6) is 5.75 Å². The standard InChI is InChI=1S/C19H14N4O3S/c1-3-16(24)13-6-4-11(9-20-13)21-18(25)14-10-23-15-7-5-12(26-2)8-17(15)27-19(23)22-14/h3-10H,1H2,2H3,(H,21,25). The van der Waals surface area contributed by atoms with Crippen LogP contribution in [0.3, 0.4) is 0 Å². The van der Waals surface area contributed by atoms with Gasteiger partial charge in [0, 0.05) is 6.20 Å². The molecule has 27 heavy (non-hydrogen) atoms. The highest BCUT2D eigenvalue weighted by Crippen LogP contribution is 2.29. The Kier molecular flexibility index (Phi) is 4.17. The summed E-state index contributed by atoms with van der Waals surface area (Å²) in [7, 11) is 1.62. The Morgan fingerprint density at radius 3 is 2.81 bits per heavy atom. The molecule has 4 aromatic rings. The van der Waals surface area contributed by atoms with Crippen LogP contribution in [-0.2, 0) is 0 Å². The topological polar surface area (TPSA) is 85.6 Å². The van der Waals surface area contributed by atoms with Crippen molar-refractivity contribution >= 4 is 43.9 Å². The van der Waals surface area contributed by atoms with Crippen molar-refractivity contribution in [1.82, 2.24) is 14.4 Å². The van der Waals surface area contributed by atoms with Crippen LogP contribution in [0.25, 0.3) is 15.2 Å². The molecule has 134 valence electrons. The number of carbonyl (C=O) groups excluding carboxylic acids is 2. The van der Waals surface area contributed by atoms with Gasteiger partial charge in [0.15, 0.2) is 4.96 Å². The molecule has 8 heteroatoms. The van der Waals surface area contributed by atoms with E-state index in [-0.39, 0.29) is 17.4 Å². The van der Waals surface area contributed by atoms with Gasteiger partial charge in [-0.3, -0.25) is 19.0 Å². The Hall–Kier alpha value is -3.52. The number of amides is 1. The number of allylic oxidation sites excluding steroid dienone is 1. The first-order chi connectivity index (χ1) is 13.1. The summed E-state index contributed by atoms with van der Waals surface area (Å²) in [5.74, 6) is 0.152. The van der Waals surface area contributed by atoms with Crippen molar-refractivity contribution in [3.05, 3.63) is 66.8 Å². The van der Waals surface area contributed by atoms with E-state index >= 15 is 0 Å². The zero-order valence-electron chi connectivity index (χ0n) is 14.3. The predicted octanol–water partition coefficient (Wildman–Crippen LogP) is 3.57. The first kappa shape index (κ1) is 16.9. The maximum Gasteiger partial charge on any atom is 0.275 e. The first-order valence-electron chi connectivity index (χ1n) is 7.99. The SMILES string of the molecule is C=CC(=O)c1ccc(NC(=O)c2cn3c(n2)sc2cc(OC)ccc23)cn1. The van der Waals surface area contributed by atoms with E-state index in [1.807, 2.05) is 22.6 Å². The monoisotopic (exact) mass is 378 g/mol. The lowest BCUT2D eigenvalue weighted by Crippen LogP contribution is -2.12. The zero-order chi connectivity index (χ0) is 19.0. The Morgan fingerprint density at radius 2 is 2.11 bits per heavy atom. The Balaban J connectivity index is 1.59. The summed E-state index contributed by atoms with van der Waals surface area (Å²) < 4.78 is 8.13. The summed E-state index contributed by atoms with van der Waals surface area (Å²) >= 11 is 1.48. The number of thiazole rings is 1. The molecule has 0 aliphatic rings. The highest BCUT2D eigenvalue weighted by atomic mass is 32.1. The molecule has 4 rings (SSSR count). The van der Waals surface area contributed by atoms with E-state index in [0.29, 0.717) is 16.3 Å². The fraction of sp³-hybridized carbons (Fsp3) is 0.0526. The quantitative estimate of drug-likeness (QED) is 0.424. The molecule has 0 spiro atoms. The van der Waals surface area contributed by atoms with Crippen LogP contribution in [0.1, 0.15) is 21.0 Å². The molecule has 1 amide bonds. The predicted molar refractivity (Wildman–Crippen MR) is 104 cm³/mol. The van der Waals surface area contributed by atoms with E-state index < -0.39 is 0 Å². The maximum absolute atomic E-state index is 12.5. The van der Waals surface area contributed by atoms with Crippen LogP contribution in [-0.4, -0.2) is 33.2 Å². The first-order valence-corrected chi connectivity index (χ1v) is 8.80. The molecule has 0 bridgehead atoms. The molecular weight excluding hydrogens is 364 g/mol. The summed E-state index contributed by atoms with van der Waals surface area (Å²) in [6.07, 6.45) is 4.31. The number of carbonyl (C=O) groups is 2. The number of rotatable bonds is 5. The summed E-state index contributed by atoms with van der Waals surface area (Å²) in [4.78, 5) is 33.1. The van der Waals surface area contributed by atoms with Crippen LogP contribution >= 0.6 is 11.3 Å². The number of fused-ring (bicyclic) bond motifs is 3. The molecule has 3 aromatic heterocycles. The van der Waals surface area contributed by atoms with Gasteiger partial charge in [-0.1, -0.05) is 17.9 Å². The summed E-state index contributed by atoms with van der Waals surface area (Å²) in [6, 6.07) is 8.88. The fourth-order valence-electron chi connectivity index (χ4n) is 2.63. The number of aromatic nitrogens is 3. The average molecular weight is 378 g/mol. The molecule has 1 aromatic carbocycles. The van der Waals surface area contributed by atoms with E-state index in [9.17, 15) is 9.59 Å². The lowest BCUT2D eigenvalue weighted by atomic mass is 10.2. The number of imidazole rings is 1. The molecular formula is C19H14N4O3S. The molecule has 0 atom stereocenters. The van der Waals surface area contributed by atoms with Crippen LogP contribution in [0.15, 0.2) is 55.4 Å². The molecule has 0 aliphatic carbocycles. The minimum atomic E-state index is -0.350. The van der Waals surface area contributed by atoms with Crippen LogP contribution in [0, 0.1) is 0 Å². The van der Waals surface area contributed by atoms with Crippen molar-refractivity contribution in [1.29, 1.82) is 0 Å². The average Bonchev–Trinajstić information content (AvgIpc) is 3.25. The molecule has 0 radical (unpaired) electrons. The van der Waals surface area contributed by atoms with Crippen molar-refractivity contribution in [3.8, 4) is 5.75 Å². The second kappa shape index (κ2) is 6.65. The van der Waals surface area contributed by atoms with Crippen molar-refractivity contribution < 1.29 is 14.3 Å². The molecule has 0 saturated heterocycles. The van der Waals surface area contributed by atoms with E-state index in [2.05, 4.69) is 21.9 Å². The van der Waals surface area contributed by atoms with Crippen molar-refractivity contribution in [3.63, 3.8) is 0 Å². The second-order valence-electron chi connectivity index (χ2n) is 5.67. The number of methoxy groups -OCH3 is 1. The number of ketones is 1. The number of benzene rings is 1. The number of ether oxygens (including phenoxy) is 1. The number of pyridine rings is 1. The third-order valence-corrected chi connectivity index (χ3v) is 5.01. The molecule has 1 N–H and O–H groups in total. The summed E-state index contributed by atoms with van der Waals surface area (Å²) in [6.45, 7) is 3.42. The molecule has 7 nitrogen and oxygen atoms in total. The molecule has 0 saturated carbocycles. The van der Waals surface area contributed by atoms with E-state index in [1.165, 1.54) is 29.7 Å². The van der Waals surface area contributed by atoms with Gasteiger partial charge in [0.05, 0.1) is 29.2 Å². The number of nitrogens with zero attached hydrogens (tertiary/aromatic N) is 3. The summed E-state index contributed by atoms with van der Waals surface area (Å²) in [5.41, 5.74) is 2.00. The van der Waals surface area contributed by atoms with Crippen molar-refractivity contribution in [2.75, 3.05) is 12.4 Å². The van der Waals surface area contributed by atoms with Gasteiger partial charge in [-0.05, 0) is 36.4 Å². The number of anilines is 1. The second-order valence-corrected chi connectivity index (χ2v) is 6.68. The van der Waals surface area contributed by atoms with Crippen LogP contribution < -0.4 is 10.1 Å². The lowest BCUT2D eigenvalue weighted by molar-refractivity contribution is 0.102. The minimum Gasteiger partial charge on any atom is -0.497 e. The number of nitrogens with one attached hydrogen (secondary N) is 1. The molecule has 0 unspecified atom stereocenters. The normalized spacial score (nSPS) is 10.9. The molecule has 0 aliphatic heterocycles.